The molecule has 0 aromatic heterocycles. The number of carbonyl (C=O) groups excluding carboxylic acids is 1. The Hall–Kier alpha value is -1.55. The van der Waals surface area contributed by atoms with Crippen LogP contribution < -0.4 is 4.74 Å². The van der Waals surface area contributed by atoms with E-state index in [1.165, 1.54) is 12.1 Å². The van der Waals surface area contributed by atoms with Gasteiger partial charge >= 0.3 is 5.97 Å². The van der Waals surface area contributed by atoms with E-state index >= 15 is 0 Å². The minimum Gasteiger partial charge on any atom is -0.494 e. The fourth-order valence-electron chi connectivity index (χ4n) is 0.907. The zero-order valence-electron chi connectivity index (χ0n) is 7.19. The molecule has 0 saturated carbocycles. The van der Waals surface area contributed by atoms with Crippen LogP contribution in [0.25, 0.3) is 0 Å². The number of rotatable bonds is 3. The van der Waals surface area contributed by atoms with Crippen LogP contribution in [0.1, 0.15) is 17.3 Å². The zero-order chi connectivity index (χ0) is 9.68. The van der Waals surface area contributed by atoms with Gasteiger partial charge in [-0.25, -0.2) is 4.79 Å². The van der Waals surface area contributed by atoms with Crippen LogP contribution in [-0.4, -0.2) is 17.8 Å². The average molecular weight is 182 g/mol. The molecule has 0 bridgehead atoms. The van der Waals surface area contributed by atoms with Gasteiger partial charge in [-0.3, -0.25) is 4.89 Å². The molecule has 4 nitrogen and oxygen atoms in total. The first-order chi connectivity index (χ1) is 6.27. The lowest BCUT2D eigenvalue weighted by atomic mass is 10.2. The summed E-state index contributed by atoms with van der Waals surface area (Å²) in [6.45, 7) is 2.44. The highest BCUT2D eigenvalue weighted by molar-refractivity contribution is 5.88. The van der Waals surface area contributed by atoms with Crippen LogP contribution in [-0.2, 0) is 4.89 Å². The normalized spacial score (nSPS) is 9.38. The van der Waals surface area contributed by atoms with E-state index in [-0.39, 0.29) is 5.56 Å². The number of carbonyl (C=O) groups is 1. The first-order valence-corrected chi connectivity index (χ1v) is 3.86. The Morgan fingerprint density at radius 1 is 1.38 bits per heavy atom. The lowest BCUT2D eigenvalue weighted by Crippen LogP contribution is -2.01. The molecule has 1 rings (SSSR count). The summed E-state index contributed by atoms with van der Waals surface area (Å²) in [5.74, 6) is -0.0972. The smallest absolute Gasteiger partial charge is 0.372 e. The highest BCUT2D eigenvalue weighted by atomic mass is 17.1. The van der Waals surface area contributed by atoms with Crippen LogP contribution in [0.5, 0.6) is 5.75 Å². The van der Waals surface area contributed by atoms with E-state index in [0.29, 0.717) is 12.4 Å². The molecular weight excluding hydrogens is 172 g/mol. The molecule has 0 aliphatic carbocycles. The highest BCUT2D eigenvalue weighted by Crippen LogP contribution is 2.12. The van der Waals surface area contributed by atoms with Crippen molar-refractivity contribution >= 4 is 5.97 Å². The molecule has 0 unspecified atom stereocenters. The van der Waals surface area contributed by atoms with E-state index < -0.39 is 5.97 Å². The lowest BCUT2D eigenvalue weighted by molar-refractivity contribution is -0.182. The Kier molecular flexibility index (Phi) is 3.28. The monoisotopic (exact) mass is 182 g/mol. The van der Waals surface area contributed by atoms with E-state index in [1.807, 2.05) is 6.92 Å². The molecule has 0 spiro atoms. The predicted molar refractivity (Wildman–Crippen MR) is 45.7 cm³/mol. The molecule has 0 radical (unpaired) electrons. The zero-order valence-corrected chi connectivity index (χ0v) is 7.19. The molecule has 1 aromatic rings. The summed E-state index contributed by atoms with van der Waals surface area (Å²) >= 11 is 0. The van der Waals surface area contributed by atoms with Crippen molar-refractivity contribution in [2.75, 3.05) is 6.61 Å². The van der Waals surface area contributed by atoms with Crippen molar-refractivity contribution < 1.29 is 19.7 Å². The fraction of sp³-hybridized carbons (Fsp3) is 0.222. The summed E-state index contributed by atoms with van der Waals surface area (Å²) in [6.07, 6.45) is 0. The van der Waals surface area contributed by atoms with Crippen molar-refractivity contribution in [3.63, 3.8) is 0 Å². The molecule has 0 atom stereocenters. The van der Waals surface area contributed by atoms with Crippen LogP contribution in [0.15, 0.2) is 24.3 Å². The second kappa shape index (κ2) is 4.47. The Morgan fingerprint density at radius 3 is 2.46 bits per heavy atom. The van der Waals surface area contributed by atoms with Crippen LogP contribution >= 0.6 is 0 Å². The van der Waals surface area contributed by atoms with E-state index in [0.717, 1.165) is 0 Å². The van der Waals surface area contributed by atoms with Crippen molar-refractivity contribution in [1.29, 1.82) is 0 Å². The number of hydrogen-bond acceptors (Lipinski definition) is 4. The second-order valence-corrected chi connectivity index (χ2v) is 2.34. The van der Waals surface area contributed by atoms with Gasteiger partial charge in [0, 0.05) is 0 Å². The molecule has 0 aliphatic rings. The molecule has 70 valence electrons. The molecule has 1 N–H and O–H groups in total. The quantitative estimate of drug-likeness (QED) is 0.571. The van der Waals surface area contributed by atoms with Crippen molar-refractivity contribution in [1.82, 2.24) is 0 Å². The molecule has 0 saturated heterocycles. The third kappa shape index (κ3) is 2.45. The van der Waals surface area contributed by atoms with Crippen LogP contribution in [0.4, 0.5) is 0 Å². The third-order valence-corrected chi connectivity index (χ3v) is 1.48. The average Bonchev–Trinajstić information content (AvgIpc) is 2.18. The Bertz CT molecular complexity index is 278. The molecule has 1 aromatic carbocycles. The van der Waals surface area contributed by atoms with Crippen LogP contribution in [0, 0.1) is 0 Å². The Morgan fingerprint density at radius 2 is 2.00 bits per heavy atom. The van der Waals surface area contributed by atoms with E-state index in [1.54, 1.807) is 12.1 Å². The van der Waals surface area contributed by atoms with Gasteiger partial charge in [-0.05, 0) is 31.2 Å². The predicted octanol–water partition coefficient (Wildman–Crippen LogP) is 1.72. The highest BCUT2D eigenvalue weighted by Gasteiger charge is 2.05. The molecule has 13 heavy (non-hydrogen) atoms. The first kappa shape index (κ1) is 9.54. The van der Waals surface area contributed by atoms with E-state index in [2.05, 4.69) is 4.89 Å². The summed E-state index contributed by atoms with van der Waals surface area (Å²) in [6, 6.07) is 6.30. The molecular formula is C9H10O4. The van der Waals surface area contributed by atoms with Gasteiger partial charge in [0.1, 0.15) is 5.75 Å². The summed E-state index contributed by atoms with van der Waals surface area (Å²) in [7, 11) is 0. The van der Waals surface area contributed by atoms with Crippen LogP contribution in [0.3, 0.4) is 0 Å². The van der Waals surface area contributed by atoms with Gasteiger partial charge in [-0.1, -0.05) is 0 Å². The van der Waals surface area contributed by atoms with Gasteiger partial charge in [0.2, 0.25) is 0 Å². The van der Waals surface area contributed by atoms with Crippen molar-refractivity contribution in [3.8, 4) is 5.75 Å². The first-order valence-electron chi connectivity index (χ1n) is 3.86. The van der Waals surface area contributed by atoms with Crippen molar-refractivity contribution in [2.24, 2.45) is 0 Å². The van der Waals surface area contributed by atoms with Gasteiger partial charge in [-0.2, -0.15) is 5.26 Å². The van der Waals surface area contributed by atoms with E-state index in [4.69, 9.17) is 9.99 Å². The van der Waals surface area contributed by atoms with Gasteiger partial charge < -0.3 is 4.74 Å². The lowest BCUT2D eigenvalue weighted by Gasteiger charge is -2.02. The maximum absolute atomic E-state index is 10.8. The van der Waals surface area contributed by atoms with Gasteiger partial charge in [-0.15, -0.1) is 0 Å². The van der Waals surface area contributed by atoms with Crippen LogP contribution in [0.2, 0.25) is 0 Å². The van der Waals surface area contributed by atoms with Crippen molar-refractivity contribution in [3.05, 3.63) is 29.8 Å². The fourth-order valence-corrected chi connectivity index (χ4v) is 0.907. The number of ether oxygens (including phenoxy) is 1. The minimum atomic E-state index is -0.775. The molecule has 0 amide bonds. The second-order valence-electron chi connectivity index (χ2n) is 2.34. The number of hydrogen-bond donors (Lipinski definition) is 1. The summed E-state index contributed by atoms with van der Waals surface area (Å²) < 4.78 is 5.16. The Balaban J connectivity index is 2.75. The molecule has 0 aliphatic heterocycles. The summed E-state index contributed by atoms with van der Waals surface area (Å²) in [4.78, 5) is 14.3. The molecule has 0 fully saturated rings. The summed E-state index contributed by atoms with van der Waals surface area (Å²) in [5, 5.41) is 8.08. The topological polar surface area (TPSA) is 55.8 Å². The maximum atomic E-state index is 10.8. The van der Waals surface area contributed by atoms with Gasteiger partial charge in [0.15, 0.2) is 0 Å². The third-order valence-electron chi connectivity index (χ3n) is 1.48. The Labute approximate surface area is 75.6 Å². The van der Waals surface area contributed by atoms with Crippen molar-refractivity contribution in [2.45, 2.75) is 6.92 Å². The minimum absolute atomic E-state index is 0.283. The van der Waals surface area contributed by atoms with E-state index in [9.17, 15) is 4.79 Å². The summed E-state index contributed by atoms with van der Waals surface area (Å²) in [5.41, 5.74) is 0.283. The molecule has 0 heterocycles. The number of benzene rings is 1. The molecule has 4 heteroatoms. The van der Waals surface area contributed by atoms with Gasteiger partial charge in [0.05, 0.1) is 12.2 Å². The SMILES string of the molecule is CCOc1ccc(C(=O)OO)cc1. The maximum Gasteiger partial charge on any atom is 0.372 e. The standard InChI is InChI=1S/C9H10O4/c1-2-12-8-5-3-7(4-6-8)9(10)13-11/h3-6,11H,2H2,1H3. The largest absolute Gasteiger partial charge is 0.494 e. The van der Waals surface area contributed by atoms with Gasteiger partial charge in [0.25, 0.3) is 0 Å².